The van der Waals surface area contributed by atoms with Crippen LogP contribution in [-0.2, 0) is 129 Å². The van der Waals surface area contributed by atoms with Gasteiger partial charge in [0.25, 0.3) is 0 Å². The second kappa shape index (κ2) is 52.9. The van der Waals surface area contributed by atoms with Crippen LogP contribution in [-0.4, -0.2) is 314 Å². The van der Waals surface area contributed by atoms with Crippen molar-refractivity contribution in [3.05, 3.63) is 102 Å². The number of fused-ring (bicyclic) bond motifs is 13. The highest BCUT2D eigenvalue weighted by Gasteiger charge is 2.47. The Hall–Kier alpha value is -14.9. The number of cyclic esters (lactones) is 1. The predicted molar refractivity (Wildman–Crippen MR) is 501 cm³/mol. The predicted octanol–water partition coefficient (Wildman–Crippen LogP) is -5.71. The first-order chi connectivity index (χ1) is 67.4. The van der Waals surface area contributed by atoms with Crippen molar-refractivity contribution in [2.45, 2.75) is 272 Å². The summed E-state index contributed by atoms with van der Waals surface area (Å²) in [6.45, 7) is 6.08. The van der Waals surface area contributed by atoms with E-state index in [9.17, 15) is 58.8 Å². The van der Waals surface area contributed by atoms with E-state index < -0.39 is 322 Å². The smallest absolute Gasteiger partial charge is 0.326 e. The molecular weight excluding hydrogens is 1860 g/mol. The molecule has 49 heteroatoms. The molecule has 4 aromatic rings. The number of nitrogens with zero attached hydrogens (tertiary/aromatic N) is 2. The van der Waals surface area contributed by atoms with E-state index in [-0.39, 0.29) is 102 Å². The Morgan fingerprint density at radius 1 is 0.577 bits per heavy atom. The number of benzene rings is 3. The van der Waals surface area contributed by atoms with Gasteiger partial charge < -0.3 is 141 Å². The third-order valence-electron chi connectivity index (χ3n) is 24.6. The Balaban J connectivity index is 1.17. The van der Waals surface area contributed by atoms with Gasteiger partial charge in [0, 0.05) is 75.4 Å². The maximum Gasteiger partial charge on any atom is 0.326 e. The number of aromatic nitrogens is 1. The molecule has 0 aliphatic carbocycles. The number of aromatic hydroxyl groups is 1. The minimum Gasteiger partial charge on any atom is -0.508 e. The molecule has 772 valence electrons. The number of esters is 2. The van der Waals surface area contributed by atoms with Crippen LogP contribution in [0.4, 0.5) is 0 Å². The Morgan fingerprint density at radius 2 is 1.20 bits per heavy atom. The summed E-state index contributed by atoms with van der Waals surface area (Å²) in [5, 5.41) is 89.4. The molecule has 18 atom stereocenters. The number of carboxylic acids is 2. The number of H-pyrrole nitrogens is 1. The van der Waals surface area contributed by atoms with Crippen LogP contribution in [0, 0.1) is 17.2 Å². The maximum atomic E-state index is 16.1. The fraction of sp³-hybridized carbons (Fsp3) is 0.548. The highest BCUT2D eigenvalue weighted by atomic mass is 16.5. The fourth-order valence-electron chi connectivity index (χ4n) is 17.0. The van der Waals surface area contributed by atoms with Gasteiger partial charge >= 0.3 is 23.9 Å². The van der Waals surface area contributed by atoms with E-state index in [0.717, 1.165) is 23.6 Å². The Morgan fingerprint density at radius 3 is 1.87 bits per heavy atom. The number of hydrogen-bond acceptors (Lipinski definition) is 27. The van der Waals surface area contributed by atoms with E-state index in [1.165, 1.54) is 44.3 Å². The first-order valence-corrected chi connectivity index (χ1v) is 47.2. The minimum absolute atomic E-state index is 0.00710. The summed E-state index contributed by atoms with van der Waals surface area (Å²) in [6, 6.07) is -9.15. The van der Waals surface area contributed by atoms with Crippen molar-refractivity contribution in [2.24, 2.45) is 23.3 Å². The van der Waals surface area contributed by atoms with Gasteiger partial charge in [-0.25, -0.2) is 4.79 Å². The van der Waals surface area contributed by atoms with Crippen LogP contribution in [0.25, 0.3) is 10.9 Å². The fourth-order valence-corrected chi connectivity index (χ4v) is 17.0. The van der Waals surface area contributed by atoms with Crippen LogP contribution in [0.5, 0.6) is 5.75 Å². The molecule has 5 fully saturated rings. The van der Waals surface area contributed by atoms with Crippen LogP contribution in [0.1, 0.15) is 161 Å². The quantitative estimate of drug-likeness (QED) is 0.00966. The van der Waals surface area contributed by atoms with Gasteiger partial charge in [0.15, 0.2) is 5.96 Å². The number of aliphatic hydroxyl groups is 1. The molecule has 6 heterocycles. The molecule has 5 aliphatic rings. The van der Waals surface area contributed by atoms with Crippen LogP contribution in [0.3, 0.4) is 0 Å². The SMILES string of the molecule is CC(C)CC1NC(=O)C2CC(=O)OC(C)C(NC(=O)C(Cc3c[nH]c4ccccc34)NC(=O)C3CCCN3C(=O)C(NC(=O)C(CCC(=O)O)NC(=O)C(NC(=O)CN)C(C)O)C(C)C)C(=O)NC(Cc3ccc(O)cc3)C(=O)NC3CCCCNC(=O)CC(C(=O)NC(CCCNC(=N)N)C(=O)O)NC(=O)C(CCC(=O)OCC(NC(=O)C4CCCN4C(=O)C(Cc4ccccc4)NC3=O)C(=O)N2)NC1=O. The largest absolute Gasteiger partial charge is 0.508 e. The molecule has 3 aromatic carbocycles. The topological polar surface area (TPSA) is 748 Å². The highest BCUT2D eigenvalue weighted by molar-refractivity contribution is 6.03. The number of rotatable bonds is 31. The number of nitrogens with two attached hydrogens (primary N) is 2. The molecule has 26 N–H and O–H groups in total. The summed E-state index contributed by atoms with van der Waals surface area (Å²) < 4.78 is 11.7. The lowest BCUT2D eigenvalue weighted by atomic mass is 10.00. The van der Waals surface area contributed by atoms with Crippen LogP contribution < -0.4 is 96.5 Å². The van der Waals surface area contributed by atoms with Gasteiger partial charge in [0.2, 0.25) is 100 Å². The minimum atomic E-state index is -2.30. The lowest BCUT2D eigenvalue weighted by molar-refractivity contribution is -0.154. The van der Waals surface area contributed by atoms with Crippen molar-refractivity contribution in [3.8, 4) is 5.75 Å². The Bertz CT molecular complexity index is 5270. The van der Waals surface area contributed by atoms with Gasteiger partial charge in [-0.2, -0.15) is 0 Å². The van der Waals surface area contributed by atoms with Gasteiger partial charge in [-0.1, -0.05) is 88.4 Å². The molecule has 4 bridgehead atoms. The van der Waals surface area contributed by atoms with Gasteiger partial charge in [-0.3, -0.25) is 101 Å². The number of amides is 17. The van der Waals surface area contributed by atoms with Crippen molar-refractivity contribution in [1.82, 2.24) is 99.9 Å². The molecule has 1 aromatic heterocycles. The third kappa shape index (κ3) is 32.6. The van der Waals surface area contributed by atoms with Gasteiger partial charge in [-0.15, -0.1) is 0 Å². The number of aliphatic hydroxyl groups excluding tert-OH is 1. The number of phenols is 1. The Labute approximate surface area is 816 Å². The van der Waals surface area contributed by atoms with Crippen LogP contribution in [0.15, 0.2) is 85.1 Å². The van der Waals surface area contributed by atoms with Gasteiger partial charge in [0.05, 0.1) is 25.5 Å². The Kier molecular flexibility index (Phi) is 41.2. The number of para-hydroxylation sites is 1. The van der Waals surface area contributed by atoms with E-state index in [1.54, 1.807) is 68.4 Å². The number of aliphatic carboxylic acids is 2. The molecule has 49 nitrogen and oxygen atoms in total. The van der Waals surface area contributed by atoms with Crippen molar-refractivity contribution < 1.29 is 131 Å². The van der Waals surface area contributed by atoms with Gasteiger partial charge in [0.1, 0.15) is 115 Å². The number of aromatic amines is 1. The molecule has 17 amide bonds. The molecule has 5 saturated heterocycles. The van der Waals surface area contributed by atoms with E-state index >= 15 is 62.3 Å². The number of guanidine groups is 1. The van der Waals surface area contributed by atoms with E-state index in [0.29, 0.717) is 22.0 Å². The number of phenolic OH excluding ortho intramolecular Hbond substituents is 1. The normalized spacial score (nSPS) is 23.8. The molecule has 142 heavy (non-hydrogen) atoms. The molecule has 0 spiro atoms. The summed E-state index contributed by atoms with van der Waals surface area (Å²) in [7, 11) is 0. The lowest BCUT2D eigenvalue weighted by Gasteiger charge is -2.33. The van der Waals surface area contributed by atoms with Crippen LogP contribution in [0.2, 0.25) is 0 Å². The van der Waals surface area contributed by atoms with Crippen molar-refractivity contribution in [3.63, 3.8) is 0 Å². The zero-order chi connectivity index (χ0) is 104. The molecule has 0 saturated carbocycles. The summed E-state index contributed by atoms with van der Waals surface area (Å²) in [5.74, 6) is -27.2. The number of nitrogens with one attached hydrogen (secondary N) is 18. The second-order valence-corrected chi connectivity index (χ2v) is 36.4. The first-order valence-electron chi connectivity index (χ1n) is 47.2. The standard InChI is InChI=1S/C93H128N22O27/c1-46(2)37-60-80(127)101-58-30-32-72(122)141-45-66-85(132)106-64(83(130)104-60)42-73(123)142-49(6)76(113-84(131)62(40-52-44-99-55-20-11-10-19-54(52)55)107-86(133)68-24-16-36-115(68)91(138)74(47(3)4)112-79(126)57(29-31-71(120)121)102-88(135)75(48(5)116)111-70(119)43-94)89(136)108-61(38-51-25-27-53(117)28-26-51)81(128)100-56(77(124)109-65(39-50-17-8-7-9-18-50)90(137)114-35-15-23-67(114)87(134)110-66)21-12-13-33-97-69(118)41-63(105-78(58)125)82(129)103-59(92(139)140)22-14-34-98-93(95)96/h7-11,17-20,25-28,44,46-49,56-68,74-76,99,116-117H,12-16,21-24,29-43,45,94H2,1-6H3,(H,97,118)(H,100,128)(H,101,127)(H,102,135)(H,103,129)(H,104,130)(H,105,125)(H,106,132)(H,107,133)(H,108,136)(H,109,124)(H,110,134)(H,111,119)(H,112,126)(H,113,131)(H,120,121)(H,139,140)(H4,95,96,98). The second-order valence-electron chi connectivity index (χ2n) is 36.4. The lowest BCUT2D eigenvalue weighted by Crippen LogP contribution is -2.63. The van der Waals surface area contributed by atoms with E-state index in [2.05, 4.69) is 90.1 Å². The number of carbonyl (C=O) groups is 21. The maximum absolute atomic E-state index is 16.1. The summed E-state index contributed by atoms with van der Waals surface area (Å²) in [4.78, 5) is 315. The van der Waals surface area contributed by atoms with E-state index in [1.807, 2.05) is 0 Å². The van der Waals surface area contributed by atoms with Crippen LogP contribution >= 0.6 is 0 Å². The number of carboxylic acid groups (broad SMARTS) is 2. The average Bonchev–Trinajstić information content (AvgIpc) is 1.67. The van der Waals surface area contributed by atoms with Crippen molar-refractivity contribution in [1.29, 1.82) is 5.41 Å². The molecule has 9 rings (SSSR count). The van der Waals surface area contributed by atoms with E-state index in [4.69, 9.17) is 26.4 Å². The molecule has 18 unspecified atom stereocenters. The van der Waals surface area contributed by atoms with Crippen molar-refractivity contribution in [2.75, 3.05) is 39.3 Å². The monoisotopic (exact) mass is 1980 g/mol. The number of carbonyl (C=O) groups excluding carboxylic acids is 19. The highest BCUT2D eigenvalue weighted by Crippen LogP contribution is 2.27. The molecular formula is C93H128N22O27. The first kappa shape index (κ1) is 111. The summed E-state index contributed by atoms with van der Waals surface area (Å²) in [5.41, 5.74) is 12.4. The zero-order valence-electron chi connectivity index (χ0n) is 79.5. The van der Waals surface area contributed by atoms with Crippen molar-refractivity contribution >= 4 is 141 Å². The number of hydrogen-bond donors (Lipinski definition) is 24. The summed E-state index contributed by atoms with van der Waals surface area (Å²) in [6.07, 6.45) is -9.80. The summed E-state index contributed by atoms with van der Waals surface area (Å²) >= 11 is 0. The van der Waals surface area contributed by atoms with Gasteiger partial charge in [-0.05, 0) is 138 Å². The number of likely N-dealkylation sites (tertiary alicyclic amines) is 1. The zero-order valence-corrected chi connectivity index (χ0v) is 79.5. The molecule has 0 radical (unpaired) electrons. The molecule has 5 aliphatic heterocycles. The average molecular weight is 1990 g/mol. The number of ether oxygens (including phenoxy) is 2. The third-order valence-corrected chi connectivity index (χ3v) is 24.6.